The standard InChI is InChI=1S/C16H12F2N2O2S3/c1-23-8-10-4-2-3-5-12(10)11-6-13-15(14(7-11)22-25-18)19-9-20(24-17)16(13)21/h2-7,9H,8H2,1H3. The van der Waals surface area contributed by atoms with Crippen molar-refractivity contribution in [3.8, 4) is 16.9 Å². The van der Waals surface area contributed by atoms with Gasteiger partial charge in [0.15, 0.2) is 18.1 Å². The van der Waals surface area contributed by atoms with Gasteiger partial charge in [-0.3, -0.25) is 4.79 Å². The first-order valence-electron chi connectivity index (χ1n) is 7.06. The molecule has 0 amide bonds. The summed E-state index contributed by atoms with van der Waals surface area (Å²) in [5, 5.41) is 0.160. The summed E-state index contributed by atoms with van der Waals surface area (Å²) in [5.41, 5.74) is 2.26. The lowest BCUT2D eigenvalue weighted by molar-refractivity contribution is 0.616. The van der Waals surface area contributed by atoms with E-state index in [0.29, 0.717) is 5.56 Å². The molecule has 0 radical (unpaired) electrons. The average Bonchev–Trinajstić information content (AvgIpc) is 2.63. The van der Waals surface area contributed by atoms with Crippen LogP contribution in [0.2, 0.25) is 0 Å². The number of halogens is 2. The van der Waals surface area contributed by atoms with Crippen molar-refractivity contribution < 1.29 is 12.0 Å². The van der Waals surface area contributed by atoms with Crippen LogP contribution in [-0.4, -0.2) is 15.2 Å². The molecule has 9 heteroatoms. The van der Waals surface area contributed by atoms with Crippen LogP contribution in [0.4, 0.5) is 7.77 Å². The molecule has 1 heterocycles. The number of thioether (sulfide) groups is 1. The fourth-order valence-corrected chi connectivity index (χ4v) is 3.57. The Bertz CT molecular complexity index is 966. The van der Waals surface area contributed by atoms with Gasteiger partial charge in [-0.25, -0.2) is 8.96 Å². The highest BCUT2D eigenvalue weighted by Crippen LogP contribution is 2.34. The van der Waals surface area contributed by atoms with E-state index in [4.69, 9.17) is 4.18 Å². The van der Waals surface area contributed by atoms with E-state index < -0.39 is 5.56 Å². The van der Waals surface area contributed by atoms with Crippen LogP contribution in [0.3, 0.4) is 0 Å². The SMILES string of the molecule is CSCc1ccccc1-c1cc(OSF)c2ncn(SF)c(=O)c2c1. The summed E-state index contributed by atoms with van der Waals surface area (Å²) in [6.45, 7) is 0. The maximum atomic E-state index is 12.9. The summed E-state index contributed by atoms with van der Waals surface area (Å²) in [4.78, 5) is 16.4. The monoisotopic (exact) mass is 398 g/mol. The first kappa shape index (κ1) is 18.1. The number of nitrogens with zero attached hydrogens (tertiary/aromatic N) is 2. The highest BCUT2D eigenvalue weighted by molar-refractivity contribution is 7.97. The molecule has 130 valence electrons. The van der Waals surface area contributed by atoms with E-state index in [1.165, 1.54) is 0 Å². The zero-order chi connectivity index (χ0) is 17.8. The summed E-state index contributed by atoms with van der Waals surface area (Å²) in [6, 6.07) is 11.0. The molecule has 0 atom stereocenters. The first-order valence-corrected chi connectivity index (χ1v) is 9.77. The summed E-state index contributed by atoms with van der Waals surface area (Å²) < 4.78 is 31.3. The minimum Gasteiger partial charge on any atom is -0.395 e. The van der Waals surface area contributed by atoms with Gasteiger partial charge in [0.1, 0.15) is 11.8 Å². The van der Waals surface area contributed by atoms with Crippen molar-refractivity contribution >= 4 is 47.4 Å². The number of benzene rings is 2. The van der Waals surface area contributed by atoms with Crippen molar-refractivity contribution in [2.45, 2.75) is 5.75 Å². The van der Waals surface area contributed by atoms with E-state index in [1.54, 1.807) is 23.9 Å². The summed E-state index contributed by atoms with van der Waals surface area (Å²) in [6.07, 6.45) is 3.04. The quantitative estimate of drug-likeness (QED) is 0.531. The smallest absolute Gasteiger partial charge is 0.273 e. The van der Waals surface area contributed by atoms with Crippen LogP contribution in [0.15, 0.2) is 47.5 Å². The van der Waals surface area contributed by atoms with Crippen molar-refractivity contribution in [1.29, 1.82) is 0 Å². The van der Waals surface area contributed by atoms with Gasteiger partial charge in [0.25, 0.3) is 18.0 Å². The van der Waals surface area contributed by atoms with Crippen molar-refractivity contribution in [2.24, 2.45) is 0 Å². The summed E-state index contributed by atoms with van der Waals surface area (Å²) in [7, 11) is 0. The zero-order valence-corrected chi connectivity index (χ0v) is 15.4. The van der Waals surface area contributed by atoms with Crippen LogP contribution in [-0.2, 0) is 5.75 Å². The highest BCUT2D eigenvalue weighted by atomic mass is 32.2. The minimum atomic E-state index is -0.574. The Labute approximate surface area is 155 Å². The number of rotatable bonds is 6. The van der Waals surface area contributed by atoms with E-state index in [0.717, 1.165) is 27.2 Å². The van der Waals surface area contributed by atoms with E-state index in [2.05, 4.69) is 4.98 Å². The van der Waals surface area contributed by atoms with Crippen LogP contribution in [0.1, 0.15) is 5.56 Å². The fraction of sp³-hybridized carbons (Fsp3) is 0.125. The normalized spacial score (nSPS) is 11.0. The van der Waals surface area contributed by atoms with Gasteiger partial charge in [-0.05, 0) is 35.1 Å². The maximum Gasteiger partial charge on any atom is 0.273 e. The lowest BCUT2D eigenvalue weighted by Gasteiger charge is -2.12. The topological polar surface area (TPSA) is 44.1 Å². The number of hydrogen-bond acceptors (Lipinski definition) is 6. The highest BCUT2D eigenvalue weighted by Gasteiger charge is 2.15. The molecule has 0 saturated carbocycles. The molecule has 0 N–H and O–H groups in total. The van der Waals surface area contributed by atoms with Gasteiger partial charge in [-0.2, -0.15) is 11.8 Å². The second-order valence-corrected chi connectivity index (χ2v) is 6.74. The van der Waals surface area contributed by atoms with Crippen LogP contribution >= 0.6 is 36.5 Å². The van der Waals surface area contributed by atoms with Crippen LogP contribution in [0.5, 0.6) is 5.75 Å². The van der Waals surface area contributed by atoms with Gasteiger partial charge in [-0.15, -0.1) is 7.77 Å². The number of fused-ring (bicyclic) bond motifs is 1. The van der Waals surface area contributed by atoms with Crippen molar-refractivity contribution in [3.63, 3.8) is 0 Å². The van der Waals surface area contributed by atoms with E-state index in [-0.39, 0.29) is 41.4 Å². The second kappa shape index (κ2) is 8.11. The van der Waals surface area contributed by atoms with Crippen molar-refractivity contribution in [2.75, 3.05) is 6.26 Å². The predicted molar refractivity (Wildman–Crippen MR) is 102 cm³/mol. The molecule has 4 nitrogen and oxygen atoms in total. The Morgan fingerprint density at radius 3 is 2.76 bits per heavy atom. The van der Waals surface area contributed by atoms with E-state index in [9.17, 15) is 12.6 Å². The van der Waals surface area contributed by atoms with Gasteiger partial charge in [0, 0.05) is 5.75 Å². The molecule has 3 aromatic rings. The van der Waals surface area contributed by atoms with Crippen LogP contribution in [0, 0.1) is 0 Å². The van der Waals surface area contributed by atoms with Crippen LogP contribution in [0.25, 0.3) is 22.0 Å². The van der Waals surface area contributed by atoms with E-state index >= 15 is 0 Å². The molecule has 0 bridgehead atoms. The molecular weight excluding hydrogens is 386 g/mol. The van der Waals surface area contributed by atoms with Crippen molar-refractivity contribution in [3.05, 3.63) is 58.6 Å². The molecule has 0 unspecified atom stereocenters. The molecule has 3 rings (SSSR count). The summed E-state index contributed by atoms with van der Waals surface area (Å²) in [5.74, 6) is 0.895. The Kier molecular flexibility index (Phi) is 5.87. The fourth-order valence-electron chi connectivity index (χ4n) is 2.57. The Balaban J connectivity index is 2.29. The molecule has 0 spiro atoms. The van der Waals surface area contributed by atoms with Gasteiger partial charge in [0.05, 0.1) is 5.39 Å². The average molecular weight is 398 g/mol. The Morgan fingerprint density at radius 2 is 2.04 bits per heavy atom. The molecule has 25 heavy (non-hydrogen) atoms. The van der Waals surface area contributed by atoms with E-state index in [1.807, 2.05) is 30.5 Å². The number of aromatic nitrogens is 2. The minimum absolute atomic E-state index is 0.118. The van der Waals surface area contributed by atoms with Gasteiger partial charge < -0.3 is 4.18 Å². The molecule has 0 aliphatic heterocycles. The third-order valence-corrected chi connectivity index (χ3v) is 4.87. The molecule has 0 aliphatic rings. The van der Waals surface area contributed by atoms with Crippen LogP contribution < -0.4 is 9.74 Å². The molecular formula is C16H12F2N2O2S3. The van der Waals surface area contributed by atoms with Gasteiger partial charge in [-0.1, -0.05) is 24.3 Å². The molecule has 2 aromatic carbocycles. The zero-order valence-electron chi connectivity index (χ0n) is 12.9. The molecule has 0 fully saturated rings. The first-order chi connectivity index (χ1) is 12.2. The van der Waals surface area contributed by atoms with Gasteiger partial charge >= 0.3 is 0 Å². The molecule has 0 saturated heterocycles. The number of hydrogen-bond donors (Lipinski definition) is 0. The van der Waals surface area contributed by atoms with Crippen molar-refractivity contribution in [1.82, 2.24) is 8.96 Å². The maximum absolute atomic E-state index is 12.9. The van der Waals surface area contributed by atoms with Gasteiger partial charge in [0.2, 0.25) is 0 Å². The third kappa shape index (κ3) is 3.63. The molecule has 0 aliphatic carbocycles. The Hall–Kier alpha value is -1.71. The lowest BCUT2D eigenvalue weighted by Crippen LogP contribution is -2.15. The third-order valence-electron chi connectivity index (χ3n) is 3.62. The Morgan fingerprint density at radius 1 is 1.24 bits per heavy atom. The predicted octanol–water partition coefficient (Wildman–Crippen LogP) is 5.22. The second-order valence-electron chi connectivity index (χ2n) is 5.05. The summed E-state index contributed by atoms with van der Waals surface area (Å²) >= 11 is 1.10. The largest absolute Gasteiger partial charge is 0.395 e. The lowest BCUT2D eigenvalue weighted by atomic mass is 9.99. The molecule has 1 aromatic heterocycles.